The molecule has 0 saturated heterocycles. The Labute approximate surface area is 107 Å². The van der Waals surface area contributed by atoms with Crippen LogP contribution in [0.4, 0.5) is 23.2 Å². The summed E-state index contributed by atoms with van der Waals surface area (Å²) in [5, 5.41) is 2.78. The van der Waals surface area contributed by atoms with Crippen LogP contribution in [0.5, 0.6) is 0 Å². The van der Waals surface area contributed by atoms with Crippen LogP contribution < -0.4 is 5.32 Å². The third kappa shape index (κ3) is 3.47. The molecule has 19 heavy (non-hydrogen) atoms. The monoisotopic (exact) mass is 269 g/mol. The lowest BCUT2D eigenvalue weighted by atomic mass is 10.1. The Hall–Kier alpha value is -2.04. The first-order valence-corrected chi connectivity index (χ1v) is 5.62. The van der Waals surface area contributed by atoms with E-state index in [0.29, 0.717) is 5.56 Å². The fourth-order valence-corrected chi connectivity index (χ4v) is 1.80. The highest BCUT2D eigenvalue weighted by Crippen LogP contribution is 2.22. The quantitative estimate of drug-likeness (QED) is 0.813. The maximum atomic E-state index is 13.1. The largest absolute Gasteiger partial charge is 0.378 e. The van der Waals surface area contributed by atoms with Gasteiger partial charge in [-0.1, -0.05) is 0 Å². The zero-order chi connectivity index (χ0) is 14.0. The molecule has 0 spiro atoms. The molecular weight excluding hydrogens is 258 g/mol. The summed E-state index contributed by atoms with van der Waals surface area (Å²) < 4.78 is 52.2. The molecule has 0 aliphatic rings. The van der Waals surface area contributed by atoms with Gasteiger partial charge >= 0.3 is 0 Å². The molecule has 100 valence electrons. The van der Waals surface area contributed by atoms with Crippen molar-refractivity contribution in [2.24, 2.45) is 0 Å². The van der Waals surface area contributed by atoms with Gasteiger partial charge in [0.1, 0.15) is 23.3 Å². The van der Waals surface area contributed by atoms with E-state index in [-0.39, 0.29) is 5.69 Å². The molecule has 0 saturated carbocycles. The van der Waals surface area contributed by atoms with E-state index in [2.05, 4.69) is 5.32 Å². The van der Waals surface area contributed by atoms with Crippen LogP contribution in [0.3, 0.4) is 0 Å². The molecule has 2 rings (SSSR count). The molecule has 0 aliphatic carbocycles. The average molecular weight is 269 g/mol. The Morgan fingerprint density at radius 2 is 1.16 bits per heavy atom. The Morgan fingerprint density at radius 3 is 1.63 bits per heavy atom. The maximum absolute atomic E-state index is 13.1. The van der Waals surface area contributed by atoms with E-state index in [9.17, 15) is 17.6 Å². The van der Waals surface area contributed by atoms with Crippen molar-refractivity contribution in [3.05, 3.63) is 65.2 Å². The lowest BCUT2D eigenvalue weighted by Crippen LogP contribution is -2.08. The van der Waals surface area contributed by atoms with Gasteiger partial charge in [0, 0.05) is 23.9 Å². The van der Waals surface area contributed by atoms with Crippen LogP contribution in [0.1, 0.15) is 18.5 Å². The molecule has 1 N–H and O–H groups in total. The van der Waals surface area contributed by atoms with Gasteiger partial charge in [0.05, 0.1) is 0 Å². The van der Waals surface area contributed by atoms with Crippen LogP contribution in [0, 0.1) is 23.3 Å². The highest BCUT2D eigenvalue weighted by atomic mass is 19.1. The van der Waals surface area contributed by atoms with E-state index < -0.39 is 29.3 Å². The van der Waals surface area contributed by atoms with Gasteiger partial charge in [-0.15, -0.1) is 0 Å². The Morgan fingerprint density at radius 1 is 0.737 bits per heavy atom. The van der Waals surface area contributed by atoms with Crippen LogP contribution >= 0.6 is 0 Å². The van der Waals surface area contributed by atoms with Crippen LogP contribution in [0.25, 0.3) is 0 Å². The van der Waals surface area contributed by atoms with Gasteiger partial charge in [0.2, 0.25) is 0 Å². The third-order valence-electron chi connectivity index (χ3n) is 2.63. The summed E-state index contributed by atoms with van der Waals surface area (Å²) in [6.45, 7) is 1.64. The van der Waals surface area contributed by atoms with E-state index >= 15 is 0 Å². The molecule has 0 aromatic heterocycles. The van der Waals surface area contributed by atoms with Crippen molar-refractivity contribution in [1.82, 2.24) is 0 Å². The first kappa shape index (κ1) is 13.4. The number of rotatable bonds is 3. The number of hydrogen-bond acceptors (Lipinski definition) is 1. The first-order valence-electron chi connectivity index (χ1n) is 5.62. The lowest BCUT2D eigenvalue weighted by Gasteiger charge is -2.16. The summed E-state index contributed by atoms with van der Waals surface area (Å²) in [6, 6.07) is 5.55. The fourth-order valence-electron chi connectivity index (χ4n) is 1.80. The molecule has 2 aromatic rings. The normalized spacial score (nSPS) is 12.3. The van der Waals surface area contributed by atoms with Gasteiger partial charge in [-0.2, -0.15) is 0 Å². The summed E-state index contributed by atoms with van der Waals surface area (Å²) in [6.07, 6.45) is 0. The van der Waals surface area contributed by atoms with Gasteiger partial charge in [-0.25, -0.2) is 17.6 Å². The van der Waals surface area contributed by atoms with Crippen molar-refractivity contribution < 1.29 is 17.6 Å². The van der Waals surface area contributed by atoms with Gasteiger partial charge in [0.25, 0.3) is 0 Å². The molecule has 1 unspecified atom stereocenters. The van der Waals surface area contributed by atoms with Crippen LogP contribution in [-0.4, -0.2) is 0 Å². The van der Waals surface area contributed by atoms with Gasteiger partial charge < -0.3 is 5.32 Å². The predicted molar refractivity (Wildman–Crippen MR) is 64.8 cm³/mol. The Kier molecular flexibility index (Phi) is 3.74. The zero-order valence-corrected chi connectivity index (χ0v) is 10.1. The number of nitrogens with one attached hydrogen (secondary N) is 1. The van der Waals surface area contributed by atoms with E-state index in [1.165, 1.54) is 0 Å². The molecule has 1 atom stereocenters. The summed E-state index contributed by atoms with van der Waals surface area (Å²) in [4.78, 5) is 0. The molecule has 1 nitrogen and oxygen atoms in total. The number of hydrogen-bond donors (Lipinski definition) is 1. The summed E-state index contributed by atoms with van der Waals surface area (Å²) in [5.41, 5.74) is 0.553. The molecule has 0 radical (unpaired) electrons. The third-order valence-corrected chi connectivity index (χ3v) is 2.63. The molecule has 0 bridgehead atoms. The Balaban J connectivity index is 2.22. The van der Waals surface area contributed by atoms with Crippen LogP contribution in [0.15, 0.2) is 36.4 Å². The summed E-state index contributed by atoms with van der Waals surface area (Å²) >= 11 is 0. The van der Waals surface area contributed by atoms with Crippen molar-refractivity contribution in [1.29, 1.82) is 0 Å². The van der Waals surface area contributed by atoms with Gasteiger partial charge in [-0.3, -0.25) is 0 Å². The van der Waals surface area contributed by atoms with Gasteiger partial charge in [0.15, 0.2) is 0 Å². The highest BCUT2D eigenvalue weighted by Gasteiger charge is 2.10. The standard InChI is InChI=1S/C14H11F4N/c1-8(9-2-10(15)4-11(16)3-9)19-14-6-12(17)5-13(18)7-14/h2-8,19H,1H3. The van der Waals surface area contributed by atoms with Crippen molar-refractivity contribution in [2.75, 3.05) is 5.32 Å². The average Bonchev–Trinajstić information content (AvgIpc) is 2.25. The van der Waals surface area contributed by atoms with E-state index in [1.807, 2.05) is 0 Å². The lowest BCUT2D eigenvalue weighted by molar-refractivity contribution is 0.576. The summed E-state index contributed by atoms with van der Waals surface area (Å²) in [7, 11) is 0. The second kappa shape index (κ2) is 5.30. The molecular formula is C14H11F4N. The smallest absolute Gasteiger partial charge is 0.128 e. The van der Waals surface area contributed by atoms with Crippen LogP contribution in [-0.2, 0) is 0 Å². The maximum Gasteiger partial charge on any atom is 0.128 e. The van der Waals surface area contributed by atoms with Crippen molar-refractivity contribution in [3.63, 3.8) is 0 Å². The minimum atomic E-state index is -0.722. The number of benzene rings is 2. The van der Waals surface area contributed by atoms with E-state index in [4.69, 9.17) is 0 Å². The second-order valence-electron chi connectivity index (χ2n) is 4.23. The van der Waals surface area contributed by atoms with Crippen molar-refractivity contribution in [3.8, 4) is 0 Å². The fraction of sp³-hybridized carbons (Fsp3) is 0.143. The SMILES string of the molecule is CC(Nc1cc(F)cc(F)c1)c1cc(F)cc(F)c1. The topological polar surface area (TPSA) is 12.0 Å². The minimum absolute atomic E-state index is 0.203. The van der Waals surface area contributed by atoms with Crippen LogP contribution in [0.2, 0.25) is 0 Å². The number of anilines is 1. The van der Waals surface area contributed by atoms with Crippen molar-refractivity contribution >= 4 is 5.69 Å². The Bertz CT molecular complexity index is 557. The molecule has 0 aliphatic heterocycles. The van der Waals surface area contributed by atoms with E-state index in [0.717, 1.165) is 36.4 Å². The molecule has 0 amide bonds. The molecule has 0 fully saturated rings. The first-order chi connectivity index (χ1) is 8.94. The molecule has 2 aromatic carbocycles. The second-order valence-corrected chi connectivity index (χ2v) is 4.23. The van der Waals surface area contributed by atoms with Gasteiger partial charge in [-0.05, 0) is 36.8 Å². The predicted octanol–water partition coefficient (Wildman–Crippen LogP) is 4.42. The minimum Gasteiger partial charge on any atom is -0.378 e. The molecule has 5 heteroatoms. The zero-order valence-electron chi connectivity index (χ0n) is 10.1. The van der Waals surface area contributed by atoms with E-state index in [1.54, 1.807) is 6.92 Å². The summed E-state index contributed by atoms with van der Waals surface area (Å²) in [5.74, 6) is -2.84. The van der Waals surface area contributed by atoms with Crippen molar-refractivity contribution in [2.45, 2.75) is 13.0 Å². The molecule has 0 heterocycles. The highest BCUT2D eigenvalue weighted by molar-refractivity contribution is 5.46. The number of halogens is 4.